The van der Waals surface area contributed by atoms with Crippen LogP contribution in [0.15, 0.2) is 18.2 Å². The molecule has 1 heterocycles. The summed E-state index contributed by atoms with van der Waals surface area (Å²) in [6.07, 6.45) is 2.25. The van der Waals surface area contributed by atoms with Gasteiger partial charge >= 0.3 is 58.4 Å². The molecule has 0 amide bonds. The van der Waals surface area contributed by atoms with Gasteiger partial charge in [-0.1, -0.05) is 6.07 Å². The Kier molecular flexibility index (Phi) is 7.51. The zero-order valence-electron chi connectivity index (χ0n) is 11.4. The number of hydrogen-bond acceptors (Lipinski definition) is 2. The number of hydrogen-bond donors (Lipinski definition) is 0. The Morgan fingerprint density at radius 3 is 2.40 bits per heavy atom. The predicted octanol–water partition coefficient (Wildman–Crippen LogP) is -0.641. The van der Waals surface area contributed by atoms with Gasteiger partial charge in [0, 0.05) is 6.54 Å². The third-order valence-electron chi connectivity index (χ3n) is 3.20. The SMILES string of the molecule is Fc1ccc([B-](F)(F)F)cc1OCCN1CCCC1.[K+]. The third-order valence-corrected chi connectivity index (χ3v) is 3.20. The fourth-order valence-electron chi connectivity index (χ4n) is 2.13. The second-order valence-electron chi connectivity index (χ2n) is 4.66. The van der Waals surface area contributed by atoms with Gasteiger partial charge in [-0.05, 0) is 38.1 Å². The van der Waals surface area contributed by atoms with E-state index in [-0.39, 0.29) is 63.7 Å². The molecular formula is C12H15BF4KNO. The molecule has 0 atom stereocenters. The molecule has 1 aromatic carbocycles. The smallest absolute Gasteiger partial charge is 0.489 e. The molecule has 1 fully saturated rings. The molecule has 8 heteroatoms. The number of rotatable bonds is 5. The molecule has 1 aliphatic rings. The molecule has 1 saturated heterocycles. The quantitative estimate of drug-likeness (QED) is 0.529. The average molecular weight is 315 g/mol. The Morgan fingerprint density at radius 2 is 1.80 bits per heavy atom. The first-order chi connectivity index (χ1) is 8.97. The average Bonchev–Trinajstić information content (AvgIpc) is 2.83. The molecule has 20 heavy (non-hydrogen) atoms. The summed E-state index contributed by atoms with van der Waals surface area (Å²) in [5.41, 5.74) is -0.836. The van der Waals surface area contributed by atoms with E-state index in [2.05, 4.69) is 4.90 Å². The van der Waals surface area contributed by atoms with Gasteiger partial charge in [-0.25, -0.2) is 4.39 Å². The molecule has 106 valence electrons. The molecule has 0 spiro atoms. The Labute approximate surface area is 158 Å². The molecule has 2 rings (SSSR count). The van der Waals surface area contributed by atoms with Crippen LogP contribution < -0.4 is 61.6 Å². The van der Waals surface area contributed by atoms with E-state index in [9.17, 15) is 17.3 Å². The van der Waals surface area contributed by atoms with Crippen molar-refractivity contribution in [2.45, 2.75) is 12.8 Å². The van der Waals surface area contributed by atoms with Crippen molar-refractivity contribution in [1.82, 2.24) is 4.90 Å². The van der Waals surface area contributed by atoms with Crippen LogP contribution >= 0.6 is 0 Å². The summed E-state index contributed by atoms with van der Waals surface area (Å²) < 4.78 is 56.1. The summed E-state index contributed by atoms with van der Waals surface area (Å²) in [6.45, 7) is -2.38. The van der Waals surface area contributed by atoms with Crippen molar-refractivity contribution in [2.24, 2.45) is 0 Å². The minimum Gasteiger partial charge on any atom is -0.489 e. The van der Waals surface area contributed by atoms with Gasteiger partial charge in [0.15, 0.2) is 11.6 Å². The van der Waals surface area contributed by atoms with E-state index in [1.807, 2.05) is 0 Å². The van der Waals surface area contributed by atoms with Crippen LogP contribution in [0.1, 0.15) is 12.8 Å². The van der Waals surface area contributed by atoms with Crippen LogP contribution in [-0.2, 0) is 0 Å². The molecular weight excluding hydrogens is 300 g/mol. The fourth-order valence-corrected chi connectivity index (χ4v) is 2.13. The van der Waals surface area contributed by atoms with Crippen LogP contribution in [0.4, 0.5) is 17.3 Å². The summed E-state index contributed by atoms with van der Waals surface area (Å²) in [4.78, 5) is 2.15. The zero-order chi connectivity index (χ0) is 13.9. The van der Waals surface area contributed by atoms with Crippen molar-refractivity contribution in [1.29, 1.82) is 0 Å². The van der Waals surface area contributed by atoms with Gasteiger partial charge in [0.2, 0.25) is 0 Å². The van der Waals surface area contributed by atoms with Gasteiger partial charge in [0.1, 0.15) is 6.61 Å². The first-order valence-corrected chi connectivity index (χ1v) is 6.31. The van der Waals surface area contributed by atoms with Gasteiger partial charge in [0.05, 0.1) is 0 Å². The van der Waals surface area contributed by atoms with Crippen LogP contribution in [0.5, 0.6) is 5.75 Å². The third kappa shape index (κ3) is 5.31. The molecule has 0 aliphatic carbocycles. The molecule has 0 aromatic heterocycles. The monoisotopic (exact) mass is 315 g/mol. The number of nitrogens with zero attached hydrogens (tertiary/aromatic N) is 1. The van der Waals surface area contributed by atoms with E-state index < -0.39 is 18.3 Å². The maximum absolute atomic E-state index is 13.4. The normalized spacial score (nSPS) is 16.0. The Hall–Kier alpha value is 0.401. The molecule has 1 aromatic rings. The first-order valence-electron chi connectivity index (χ1n) is 6.31. The molecule has 0 radical (unpaired) electrons. The van der Waals surface area contributed by atoms with Crippen molar-refractivity contribution in [2.75, 3.05) is 26.2 Å². The summed E-state index contributed by atoms with van der Waals surface area (Å²) in [5.74, 6) is -1.08. The van der Waals surface area contributed by atoms with Crippen molar-refractivity contribution >= 4 is 12.4 Å². The van der Waals surface area contributed by atoms with Crippen LogP contribution in [0.25, 0.3) is 0 Å². The van der Waals surface area contributed by atoms with E-state index in [0.29, 0.717) is 6.54 Å². The van der Waals surface area contributed by atoms with Crippen LogP contribution in [0, 0.1) is 5.82 Å². The van der Waals surface area contributed by atoms with Crippen molar-refractivity contribution in [3.8, 4) is 5.75 Å². The van der Waals surface area contributed by atoms with E-state index in [1.54, 1.807) is 0 Å². The van der Waals surface area contributed by atoms with Gasteiger partial charge in [-0.15, -0.1) is 5.46 Å². The van der Waals surface area contributed by atoms with Crippen molar-refractivity contribution in [3.05, 3.63) is 24.0 Å². The first kappa shape index (κ1) is 18.5. The van der Waals surface area contributed by atoms with Gasteiger partial charge in [0.25, 0.3) is 0 Å². The maximum atomic E-state index is 13.4. The second kappa shape index (κ2) is 8.14. The summed E-state index contributed by atoms with van der Waals surface area (Å²) in [5, 5.41) is 0. The minimum atomic E-state index is -5.13. The van der Waals surface area contributed by atoms with Crippen LogP contribution in [0.3, 0.4) is 0 Å². The number of halogens is 4. The van der Waals surface area contributed by atoms with E-state index in [0.717, 1.165) is 44.1 Å². The van der Waals surface area contributed by atoms with Gasteiger partial charge < -0.3 is 17.7 Å². The number of ether oxygens (including phenoxy) is 1. The second-order valence-corrected chi connectivity index (χ2v) is 4.66. The largest absolute Gasteiger partial charge is 1.00 e. The van der Waals surface area contributed by atoms with E-state index in [1.165, 1.54) is 0 Å². The standard InChI is InChI=1S/C12H15BF4NO.K/c14-11-4-3-10(13(15,16)17)9-12(11)19-8-7-18-5-1-2-6-18;/h3-4,9H,1-2,5-8H2;/q-1;+1. The maximum Gasteiger partial charge on any atom is 1.00 e. The molecule has 0 N–H and O–H groups in total. The van der Waals surface area contributed by atoms with E-state index >= 15 is 0 Å². The number of benzene rings is 1. The molecule has 0 unspecified atom stereocenters. The summed E-state index contributed by atoms with van der Waals surface area (Å²) in [6, 6.07) is 2.28. The Balaban J connectivity index is 0.00000200. The van der Waals surface area contributed by atoms with Crippen molar-refractivity contribution < 1.29 is 73.5 Å². The van der Waals surface area contributed by atoms with Crippen LogP contribution in [-0.4, -0.2) is 38.1 Å². The Morgan fingerprint density at radius 1 is 1.15 bits per heavy atom. The van der Waals surface area contributed by atoms with Crippen molar-refractivity contribution in [3.63, 3.8) is 0 Å². The molecule has 2 nitrogen and oxygen atoms in total. The zero-order valence-corrected chi connectivity index (χ0v) is 14.5. The van der Waals surface area contributed by atoms with E-state index in [4.69, 9.17) is 4.74 Å². The fraction of sp³-hybridized carbons (Fsp3) is 0.500. The summed E-state index contributed by atoms with van der Waals surface area (Å²) in [7, 11) is 0. The molecule has 0 bridgehead atoms. The summed E-state index contributed by atoms with van der Waals surface area (Å²) >= 11 is 0. The minimum absolute atomic E-state index is 0. The molecule has 0 saturated carbocycles. The Bertz CT molecular complexity index is 438. The predicted molar refractivity (Wildman–Crippen MR) is 66.3 cm³/mol. The van der Waals surface area contributed by atoms with Gasteiger partial charge in [-0.2, -0.15) is 0 Å². The van der Waals surface area contributed by atoms with Crippen LogP contribution in [0.2, 0.25) is 0 Å². The molecule has 1 aliphatic heterocycles. The number of likely N-dealkylation sites (tertiary alicyclic amines) is 1. The van der Waals surface area contributed by atoms with Gasteiger partial charge in [-0.3, -0.25) is 4.90 Å². The topological polar surface area (TPSA) is 12.5 Å².